The number of nitrogens with zero attached hydrogens (tertiary/aromatic N) is 2. The van der Waals surface area contributed by atoms with E-state index in [1.54, 1.807) is 12.3 Å². The van der Waals surface area contributed by atoms with Gasteiger partial charge in [0.25, 0.3) is 0 Å². The highest BCUT2D eigenvalue weighted by atomic mass is 19.4. The van der Waals surface area contributed by atoms with Gasteiger partial charge in [-0.05, 0) is 32.4 Å². The van der Waals surface area contributed by atoms with Gasteiger partial charge in [-0.15, -0.1) is 0 Å². The van der Waals surface area contributed by atoms with Crippen LogP contribution < -0.4 is 4.74 Å². The molecular formula is C14H19F3N2O. The van der Waals surface area contributed by atoms with E-state index >= 15 is 0 Å². The molecule has 6 heteroatoms. The molecule has 1 fully saturated rings. The predicted octanol–water partition coefficient (Wildman–Crippen LogP) is 3.04. The number of rotatable bonds is 4. The average Bonchev–Trinajstić information content (AvgIpc) is 2.35. The van der Waals surface area contributed by atoms with E-state index in [4.69, 9.17) is 4.74 Å². The topological polar surface area (TPSA) is 25.4 Å². The summed E-state index contributed by atoms with van der Waals surface area (Å²) < 4.78 is 42.8. The van der Waals surface area contributed by atoms with Gasteiger partial charge in [-0.2, -0.15) is 13.2 Å². The van der Waals surface area contributed by atoms with E-state index in [0.717, 1.165) is 24.3 Å². The molecule has 0 radical (unpaired) electrons. The van der Waals surface area contributed by atoms with E-state index in [1.165, 1.54) is 4.90 Å². The Labute approximate surface area is 116 Å². The van der Waals surface area contributed by atoms with Gasteiger partial charge in [0, 0.05) is 30.4 Å². The van der Waals surface area contributed by atoms with Gasteiger partial charge in [-0.1, -0.05) is 0 Å². The summed E-state index contributed by atoms with van der Waals surface area (Å²) in [6, 6.07) is 3.60. The molecule has 0 aliphatic carbocycles. The summed E-state index contributed by atoms with van der Waals surface area (Å²) in [6.45, 7) is 2.47. The van der Waals surface area contributed by atoms with Crippen LogP contribution in [-0.2, 0) is 0 Å². The highest BCUT2D eigenvalue weighted by Gasteiger charge is 2.33. The van der Waals surface area contributed by atoms with Crippen molar-refractivity contribution >= 4 is 0 Å². The van der Waals surface area contributed by atoms with Gasteiger partial charge in [0.1, 0.15) is 5.75 Å². The maximum Gasteiger partial charge on any atom is 0.401 e. The van der Waals surface area contributed by atoms with Crippen LogP contribution in [0.2, 0.25) is 0 Å². The smallest absolute Gasteiger partial charge is 0.401 e. The second-order valence-corrected chi connectivity index (χ2v) is 5.30. The van der Waals surface area contributed by atoms with Crippen LogP contribution in [0.15, 0.2) is 18.3 Å². The maximum atomic E-state index is 12.4. The van der Waals surface area contributed by atoms with Crippen molar-refractivity contribution in [2.24, 2.45) is 5.92 Å². The van der Waals surface area contributed by atoms with E-state index in [0.29, 0.717) is 19.7 Å². The molecule has 0 bridgehead atoms. The zero-order valence-electron chi connectivity index (χ0n) is 11.5. The molecule has 0 saturated carbocycles. The van der Waals surface area contributed by atoms with E-state index in [9.17, 15) is 13.2 Å². The van der Waals surface area contributed by atoms with E-state index < -0.39 is 12.7 Å². The fraction of sp³-hybridized carbons (Fsp3) is 0.643. The lowest BCUT2D eigenvalue weighted by atomic mass is 9.99. The van der Waals surface area contributed by atoms with Gasteiger partial charge >= 0.3 is 6.18 Å². The molecule has 1 aromatic rings. The van der Waals surface area contributed by atoms with Gasteiger partial charge in [0.05, 0.1) is 13.2 Å². The molecule has 0 N–H and O–H groups in total. The number of pyridine rings is 1. The molecule has 0 amide bonds. The highest BCUT2D eigenvalue weighted by Crippen LogP contribution is 2.23. The van der Waals surface area contributed by atoms with Crippen molar-refractivity contribution < 1.29 is 17.9 Å². The van der Waals surface area contributed by atoms with Crippen molar-refractivity contribution in [3.05, 3.63) is 24.0 Å². The van der Waals surface area contributed by atoms with Gasteiger partial charge in [-0.25, -0.2) is 0 Å². The first-order valence-electron chi connectivity index (χ1n) is 6.77. The minimum Gasteiger partial charge on any atom is -0.493 e. The summed E-state index contributed by atoms with van der Waals surface area (Å²) in [5, 5.41) is 0. The van der Waals surface area contributed by atoms with Crippen LogP contribution in [0, 0.1) is 12.8 Å². The van der Waals surface area contributed by atoms with Crippen LogP contribution in [0.3, 0.4) is 0 Å². The molecular weight excluding hydrogens is 269 g/mol. The first kappa shape index (κ1) is 15.1. The number of hydrogen-bond donors (Lipinski definition) is 0. The zero-order chi connectivity index (χ0) is 14.6. The minimum atomic E-state index is -4.12. The second-order valence-electron chi connectivity index (χ2n) is 5.30. The van der Waals surface area contributed by atoms with Crippen LogP contribution in [-0.4, -0.2) is 42.3 Å². The molecule has 3 nitrogen and oxygen atoms in total. The molecule has 1 saturated heterocycles. The van der Waals surface area contributed by atoms with Crippen LogP contribution in [0.1, 0.15) is 18.5 Å². The Morgan fingerprint density at radius 1 is 1.45 bits per heavy atom. The number of alkyl halides is 3. The second kappa shape index (κ2) is 6.43. The lowest BCUT2D eigenvalue weighted by molar-refractivity contribution is -0.149. The SMILES string of the molecule is Cc1cc(OCC2CCCN(CC(F)(F)F)C2)ccn1. The van der Waals surface area contributed by atoms with E-state index in [2.05, 4.69) is 4.98 Å². The normalized spacial score (nSPS) is 20.9. The first-order chi connectivity index (χ1) is 9.42. The van der Waals surface area contributed by atoms with Crippen LogP contribution in [0.25, 0.3) is 0 Å². The minimum absolute atomic E-state index is 0.152. The number of halogens is 3. The van der Waals surface area contributed by atoms with Crippen molar-refractivity contribution in [3.8, 4) is 5.75 Å². The van der Waals surface area contributed by atoms with Crippen molar-refractivity contribution in [2.45, 2.75) is 25.9 Å². The summed E-state index contributed by atoms with van der Waals surface area (Å²) in [5.41, 5.74) is 0.866. The van der Waals surface area contributed by atoms with Crippen molar-refractivity contribution in [1.29, 1.82) is 0 Å². The Bertz CT molecular complexity index is 437. The monoisotopic (exact) mass is 288 g/mol. The van der Waals surface area contributed by atoms with Crippen LogP contribution in [0.4, 0.5) is 13.2 Å². The quantitative estimate of drug-likeness (QED) is 0.851. The number of hydrogen-bond acceptors (Lipinski definition) is 3. The molecule has 0 aromatic carbocycles. The molecule has 1 aliphatic heterocycles. The van der Waals surface area contributed by atoms with Gasteiger partial charge in [0.15, 0.2) is 0 Å². The van der Waals surface area contributed by atoms with Crippen LogP contribution in [0.5, 0.6) is 5.75 Å². The Kier molecular flexibility index (Phi) is 4.86. The predicted molar refractivity (Wildman–Crippen MR) is 69.7 cm³/mol. The Hall–Kier alpha value is -1.30. The maximum absolute atomic E-state index is 12.4. The lowest BCUT2D eigenvalue weighted by Gasteiger charge is -2.32. The molecule has 112 valence electrons. The molecule has 0 spiro atoms. The number of likely N-dealkylation sites (tertiary alicyclic amines) is 1. The van der Waals surface area contributed by atoms with Gasteiger partial charge in [-0.3, -0.25) is 9.88 Å². The number of ether oxygens (including phenoxy) is 1. The third-order valence-corrected chi connectivity index (χ3v) is 3.36. The summed E-state index contributed by atoms with van der Waals surface area (Å²) in [4.78, 5) is 5.54. The number of piperidine rings is 1. The standard InChI is InChI=1S/C14H19F3N2O/c1-11-7-13(4-5-18-11)20-9-12-3-2-6-19(8-12)10-14(15,16)17/h4-5,7,12H,2-3,6,8-10H2,1H3. The third kappa shape index (κ3) is 5.00. The van der Waals surface area contributed by atoms with E-state index in [1.807, 2.05) is 13.0 Å². The third-order valence-electron chi connectivity index (χ3n) is 3.36. The van der Waals surface area contributed by atoms with Crippen LogP contribution >= 0.6 is 0 Å². The molecule has 1 unspecified atom stereocenters. The zero-order valence-corrected chi connectivity index (χ0v) is 11.5. The largest absolute Gasteiger partial charge is 0.493 e. The molecule has 20 heavy (non-hydrogen) atoms. The summed E-state index contributed by atoms with van der Waals surface area (Å²) >= 11 is 0. The first-order valence-corrected chi connectivity index (χ1v) is 6.77. The molecule has 1 aromatic heterocycles. The average molecular weight is 288 g/mol. The highest BCUT2D eigenvalue weighted by molar-refractivity contribution is 5.21. The van der Waals surface area contributed by atoms with Gasteiger partial charge < -0.3 is 4.74 Å². The Morgan fingerprint density at radius 3 is 2.95 bits per heavy atom. The lowest BCUT2D eigenvalue weighted by Crippen LogP contribution is -2.42. The van der Waals surface area contributed by atoms with Crippen molar-refractivity contribution in [1.82, 2.24) is 9.88 Å². The fourth-order valence-corrected chi connectivity index (χ4v) is 2.51. The Balaban J connectivity index is 1.81. The number of aryl methyl sites for hydroxylation is 1. The van der Waals surface area contributed by atoms with Crippen molar-refractivity contribution in [2.75, 3.05) is 26.2 Å². The van der Waals surface area contributed by atoms with Gasteiger partial charge in [0.2, 0.25) is 0 Å². The molecule has 2 rings (SSSR count). The fourth-order valence-electron chi connectivity index (χ4n) is 2.51. The van der Waals surface area contributed by atoms with E-state index in [-0.39, 0.29) is 5.92 Å². The number of aromatic nitrogens is 1. The summed E-state index contributed by atoms with van der Waals surface area (Å²) in [5.74, 6) is 0.880. The molecule has 2 heterocycles. The summed E-state index contributed by atoms with van der Waals surface area (Å²) in [7, 11) is 0. The molecule has 1 atom stereocenters. The summed E-state index contributed by atoms with van der Waals surface area (Å²) in [6.07, 6.45) is -0.746. The Morgan fingerprint density at radius 2 is 2.25 bits per heavy atom. The molecule has 1 aliphatic rings. The van der Waals surface area contributed by atoms with Crippen molar-refractivity contribution in [3.63, 3.8) is 0 Å².